The number of rotatable bonds is 3. The highest BCUT2D eigenvalue weighted by molar-refractivity contribution is 8.02. The summed E-state index contributed by atoms with van der Waals surface area (Å²) in [5.41, 5.74) is 1.24. The third-order valence-corrected chi connectivity index (χ3v) is 3.23. The molecule has 1 aliphatic rings. The second-order valence-corrected chi connectivity index (χ2v) is 4.91. The van der Waals surface area contributed by atoms with Crippen LogP contribution < -0.4 is 0 Å². The standard InChI is InChI=1S/C11H15N2S/c1-9(2)8-13-6-7-14-11(13)10-4-3-5-12-10/h3-4,6-7,9,11-12H,8H2,1-2H3. The van der Waals surface area contributed by atoms with E-state index < -0.39 is 0 Å². The quantitative estimate of drug-likeness (QED) is 0.821. The van der Waals surface area contributed by atoms with Gasteiger partial charge in [0.1, 0.15) is 5.37 Å². The molecule has 0 aromatic carbocycles. The van der Waals surface area contributed by atoms with Crippen molar-refractivity contribution < 1.29 is 0 Å². The van der Waals surface area contributed by atoms with E-state index in [4.69, 9.17) is 0 Å². The van der Waals surface area contributed by atoms with Crippen LogP contribution in [0.2, 0.25) is 0 Å². The van der Waals surface area contributed by atoms with E-state index in [0.717, 1.165) is 6.54 Å². The normalized spacial score (nSPS) is 21.1. The smallest absolute Gasteiger partial charge is 0.119 e. The van der Waals surface area contributed by atoms with Gasteiger partial charge < -0.3 is 9.88 Å². The summed E-state index contributed by atoms with van der Waals surface area (Å²) in [5, 5.41) is 2.58. The van der Waals surface area contributed by atoms with E-state index in [-0.39, 0.29) is 0 Å². The molecule has 1 aromatic rings. The number of hydrogen-bond acceptors (Lipinski definition) is 2. The fraction of sp³-hybridized carbons (Fsp3) is 0.455. The van der Waals surface area contributed by atoms with Crippen LogP contribution in [0.3, 0.4) is 0 Å². The minimum atomic E-state index is 0.420. The molecule has 0 saturated heterocycles. The molecular formula is C11H15N2S. The monoisotopic (exact) mass is 207 g/mol. The molecule has 0 amide bonds. The fourth-order valence-corrected chi connectivity index (χ4v) is 2.59. The van der Waals surface area contributed by atoms with Crippen molar-refractivity contribution in [3.05, 3.63) is 35.6 Å². The molecule has 0 bridgehead atoms. The summed E-state index contributed by atoms with van der Waals surface area (Å²) < 4.78 is 0. The first-order chi connectivity index (χ1) is 6.77. The largest absolute Gasteiger partial charge is 0.359 e. The summed E-state index contributed by atoms with van der Waals surface area (Å²) in [6.07, 6.45) is 5.16. The van der Waals surface area contributed by atoms with Gasteiger partial charge in [0.2, 0.25) is 0 Å². The Balaban J connectivity index is 2.06. The number of nitrogens with zero attached hydrogens (tertiary/aromatic N) is 1. The molecule has 0 saturated carbocycles. The van der Waals surface area contributed by atoms with Crippen LogP contribution in [0.5, 0.6) is 0 Å². The molecule has 1 radical (unpaired) electrons. The van der Waals surface area contributed by atoms with E-state index >= 15 is 0 Å². The Kier molecular flexibility index (Phi) is 2.87. The van der Waals surface area contributed by atoms with Crippen LogP contribution in [0.4, 0.5) is 0 Å². The van der Waals surface area contributed by atoms with E-state index in [1.165, 1.54) is 5.69 Å². The van der Waals surface area contributed by atoms with Gasteiger partial charge >= 0.3 is 0 Å². The van der Waals surface area contributed by atoms with Crippen LogP contribution in [0, 0.1) is 12.1 Å². The van der Waals surface area contributed by atoms with Crippen molar-refractivity contribution in [3.8, 4) is 0 Å². The zero-order chi connectivity index (χ0) is 9.97. The summed E-state index contributed by atoms with van der Waals surface area (Å²) in [7, 11) is 0. The number of nitrogens with one attached hydrogen (secondary N) is 1. The predicted octanol–water partition coefficient (Wildman–Crippen LogP) is 2.99. The van der Waals surface area contributed by atoms with Crippen LogP contribution in [0.1, 0.15) is 24.9 Å². The molecule has 1 N–H and O–H groups in total. The second-order valence-electron chi connectivity index (χ2n) is 3.92. The Morgan fingerprint density at radius 2 is 2.50 bits per heavy atom. The van der Waals surface area contributed by atoms with Crippen molar-refractivity contribution in [2.75, 3.05) is 6.54 Å². The van der Waals surface area contributed by atoms with Gasteiger partial charge in [0, 0.05) is 18.4 Å². The first-order valence-corrected chi connectivity index (χ1v) is 5.84. The van der Waals surface area contributed by atoms with Crippen molar-refractivity contribution in [2.24, 2.45) is 5.92 Å². The van der Waals surface area contributed by atoms with Gasteiger partial charge in [0.25, 0.3) is 0 Å². The second kappa shape index (κ2) is 4.13. The van der Waals surface area contributed by atoms with E-state index in [1.807, 2.05) is 17.8 Å². The molecule has 2 heterocycles. The van der Waals surface area contributed by atoms with Crippen LogP contribution in [0.15, 0.2) is 23.7 Å². The van der Waals surface area contributed by atoms with Gasteiger partial charge in [-0.05, 0) is 23.5 Å². The van der Waals surface area contributed by atoms with Gasteiger partial charge in [-0.2, -0.15) is 0 Å². The lowest BCUT2D eigenvalue weighted by Gasteiger charge is -2.25. The molecule has 1 unspecified atom stereocenters. The summed E-state index contributed by atoms with van der Waals surface area (Å²) >= 11 is 1.84. The lowest BCUT2D eigenvalue weighted by Crippen LogP contribution is -2.23. The molecule has 2 rings (SSSR count). The molecule has 1 atom stereocenters. The lowest BCUT2D eigenvalue weighted by molar-refractivity contribution is 0.319. The van der Waals surface area contributed by atoms with Crippen molar-refractivity contribution in [2.45, 2.75) is 19.2 Å². The maximum Gasteiger partial charge on any atom is 0.119 e. The highest BCUT2D eigenvalue weighted by Crippen LogP contribution is 2.38. The topological polar surface area (TPSA) is 19.0 Å². The minimum absolute atomic E-state index is 0.420. The molecule has 2 nitrogen and oxygen atoms in total. The molecule has 0 fully saturated rings. The van der Waals surface area contributed by atoms with E-state index in [9.17, 15) is 0 Å². The highest BCUT2D eigenvalue weighted by Gasteiger charge is 2.22. The molecule has 75 valence electrons. The number of H-pyrrole nitrogens is 1. The minimum Gasteiger partial charge on any atom is -0.359 e. The van der Waals surface area contributed by atoms with Crippen LogP contribution in [-0.4, -0.2) is 16.4 Å². The SMILES string of the molecule is CC(C)CN1C=CSC1c1cc[c][nH]1. The molecule has 0 aliphatic carbocycles. The Hall–Kier alpha value is -0.830. The maximum atomic E-state index is 3.15. The molecule has 1 aliphatic heterocycles. The third-order valence-electron chi connectivity index (χ3n) is 2.17. The Morgan fingerprint density at radius 1 is 1.64 bits per heavy atom. The number of aromatic amines is 1. The first-order valence-electron chi connectivity index (χ1n) is 4.90. The first kappa shape index (κ1) is 9.71. The van der Waals surface area contributed by atoms with Gasteiger partial charge in [-0.25, -0.2) is 0 Å². The van der Waals surface area contributed by atoms with E-state index in [2.05, 4.69) is 47.6 Å². The average molecular weight is 207 g/mol. The predicted molar refractivity (Wildman–Crippen MR) is 60.6 cm³/mol. The summed E-state index contributed by atoms with van der Waals surface area (Å²) in [4.78, 5) is 5.52. The summed E-state index contributed by atoms with van der Waals surface area (Å²) in [5.74, 6) is 0.694. The number of thioether (sulfide) groups is 1. The number of hydrogen-bond donors (Lipinski definition) is 1. The third kappa shape index (κ3) is 1.98. The van der Waals surface area contributed by atoms with Gasteiger partial charge in [-0.3, -0.25) is 0 Å². The van der Waals surface area contributed by atoms with Crippen LogP contribution in [0.25, 0.3) is 0 Å². The highest BCUT2D eigenvalue weighted by atomic mass is 32.2. The van der Waals surface area contributed by atoms with Crippen molar-refractivity contribution in [1.29, 1.82) is 0 Å². The van der Waals surface area contributed by atoms with E-state index in [0.29, 0.717) is 11.3 Å². The Labute approximate surface area is 89.4 Å². The van der Waals surface area contributed by atoms with Gasteiger partial charge in [0.05, 0.1) is 6.20 Å². The van der Waals surface area contributed by atoms with Gasteiger partial charge in [-0.1, -0.05) is 13.8 Å². The molecule has 14 heavy (non-hydrogen) atoms. The van der Waals surface area contributed by atoms with Crippen molar-refractivity contribution in [3.63, 3.8) is 0 Å². The van der Waals surface area contributed by atoms with E-state index in [1.54, 1.807) is 0 Å². The maximum absolute atomic E-state index is 3.15. The molecule has 3 heteroatoms. The molecular weight excluding hydrogens is 192 g/mol. The van der Waals surface area contributed by atoms with Crippen molar-refractivity contribution in [1.82, 2.24) is 9.88 Å². The zero-order valence-corrected chi connectivity index (χ0v) is 9.34. The number of aromatic nitrogens is 1. The summed E-state index contributed by atoms with van der Waals surface area (Å²) in [6.45, 7) is 5.59. The van der Waals surface area contributed by atoms with Crippen LogP contribution in [-0.2, 0) is 0 Å². The summed E-state index contributed by atoms with van der Waals surface area (Å²) in [6, 6.07) is 4.03. The Bertz CT molecular complexity index is 303. The zero-order valence-electron chi connectivity index (χ0n) is 8.53. The molecule has 0 spiro atoms. The molecule has 1 aromatic heterocycles. The average Bonchev–Trinajstić information content (AvgIpc) is 2.70. The lowest BCUT2D eigenvalue weighted by atomic mass is 10.2. The van der Waals surface area contributed by atoms with Crippen LogP contribution >= 0.6 is 11.8 Å². The van der Waals surface area contributed by atoms with Gasteiger partial charge in [0.15, 0.2) is 0 Å². The van der Waals surface area contributed by atoms with Crippen molar-refractivity contribution >= 4 is 11.8 Å². The fourth-order valence-electron chi connectivity index (χ4n) is 1.62. The Morgan fingerprint density at radius 3 is 3.14 bits per heavy atom. The van der Waals surface area contributed by atoms with Gasteiger partial charge in [-0.15, -0.1) is 11.8 Å².